The van der Waals surface area contributed by atoms with E-state index in [4.69, 9.17) is 0 Å². The molecule has 27 rings (SSSR count). The zero-order chi connectivity index (χ0) is 75.1. The molecular formula is C109H67N3S3. The van der Waals surface area contributed by atoms with E-state index in [0.717, 1.165) is 19.3 Å². The molecule has 0 aliphatic heterocycles. The van der Waals surface area contributed by atoms with Crippen molar-refractivity contribution in [2.24, 2.45) is 0 Å². The molecule has 0 saturated carbocycles. The molecule has 0 atom stereocenters. The Hall–Kier alpha value is -13.7. The van der Waals surface area contributed by atoms with Crippen LogP contribution in [-0.4, -0.2) is 13.7 Å². The monoisotopic (exact) mass is 1510 g/mol. The Morgan fingerprint density at radius 3 is 1.00 bits per heavy atom. The van der Waals surface area contributed by atoms with Gasteiger partial charge in [-0.05, 0) is 217 Å². The number of hydrogen-bond donors (Lipinski definition) is 0. The molecule has 6 aromatic heterocycles. The number of fused-ring (bicyclic) bond motifs is 31. The van der Waals surface area contributed by atoms with E-state index in [1.54, 1.807) is 0 Å². The highest BCUT2D eigenvalue weighted by molar-refractivity contribution is 7.27. The van der Waals surface area contributed by atoms with Gasteiger partial charge in [-0.3, -0.25) is 0 Å². The van der Waals surface area contributed by atoms with Crippen LogP contribution in [0.5, 0.6) is 0 Å². The minimum absolute atomic E-state index is 1.02. The Morgan fingerprint density at radius 2 is 0.539 bits per heavy atom. The molecular weight excluding hydrogens is 1450 g/mol. The Bertz CT molecular complexity index is 8240. The summed E-state index contributed by atoms with van der Waals surface area (Å²) >= 11 is 5.76. The van der Waals surface area contributed by atoms with E-state index in [2.05, 4.69) is 384 Å². The van der Waals surface area contributed by atoms with Crippen molar-refractivity contribution in [2.75, 3.05) is 0 Å². The quantitative estimate of drug-likeness (QED) is 0.163. The van der Waals surface area contributed by atoms with E-state index in [9.17, 15) is 0 Å². The highest BCUT2D eigenvalue weighted by atomic mass is 32.1. The van der Waals surface area contributed by atoms with Gasteiger partial charge in [0.15, 0.2) is 0 Å². The minimum Gasteiger partial charge on any atom is -0.309 e. The lowest BCUT2D eigenvalue weighted by atomic mass is 9.97. The molecule has 24 aromatic rings. The first-order valence-corrected chi connectivity index (χ1v) is 42.3. The van der Waals surface area contributed by atoms with Crippen LogP contribution in [0.3, 0.4) is 0 Å². The molecule has 0 saturated heterocycles. The molecule has 0 unspecified atom stereocenters. The van der Waals surface area contributed by atoms with Gasteiger partial charge in [0, 0.05) is 110 Å². The van der Waals surface area contributed by atoms with Crippen molar-refractivity contribution >= 4 is 171 Å². The van der Waals surface area contributed by atoms with Crippen LogP contribution in [0.1, 0.15) is 33.4 Å². The van der Waals surface area contributed by atoms with E-state index < -0.39 is 0 Å². The Balaban J connectivity index is 0.0000000978. The molecule has 6 heteroatoms. The summed E-state index contributed by atoms with van der Waals surface area (Å²) in [4.78, 5) is 0. The summed E-state index contributed by atoms with van der Waals surface area (Å²) in [6.45, 7) is 0. The van der Waals surface area contributed by atoms with Gasteiger partial charge < -0.3 is 13.7 Å². The number of thiophene rings is 3. The van der Waals surface area contributed by atoms with Gasteiger partial charge >= 0.3 is 0 Å². The van der Waals surface area contributed by atoms with E-state index in [-0.39, 0.29) is 0 Å². The van der Waals surface area contributed by atoms with Gasteiger partial charge in [0.2, 0.25) is 0 Å². The molecule has 3 nitrogen and oxygen atoms in total. The third-order valence-electron chi connectivity index (χ3n) is 25.0. The lowest BCUT2D eigenvalue weighted by molar-refractivity contribution is 1.18. The van der Waals surface area contributed by atoms with Gasteiger partial charge in [0.25, 0.3) is 0 Å². The van der Waals surface area contributed by atoms with Crippen LogP contribution < -0.4 is 0 Å². The van der Waals surface area contributed by atoms with Gasteiger partial charge in [-0.1, -0.05) is 267 Å². The fourth-order valence-electron chi connectivity index (χ4n) is 20.1. The SMILES string of the molecule is c1ccc(-c2cc(-n3c4ccccc4c4cc5c(cc43)sc3ccc4c(c35)-c3ccccc3C4)cc3ccccc23)cc1.c1ccc(-c2ccccc2-n2c3ccccc3c3cc4c(cc32)sc2ccc3c(c24)-c2ccccc2C3)cc1.c1ccc(-n2c3ccccc3c3cc4c(cc32)sc2ccc3c(c24)-c2ccccc2C3)cc1. The van der Waals surface area contributed by atoms with Crippen molar-refractivity contribution in [3.05, 3.63) is 403 Å². The van der Waals surface area contributed by atoms with Gasteiger partial charge in [0.1, 0.15) is 0 Å². The highest BCUT2D eigenvalue weighted by Crippen LogP contribution is 2.53. The molecule has 18 aromatic carbocycles. The molecule has 0 bridgehead atoms. The summed E-state index contributed by atoms with van der Waals surface area (Å²) in [5.41, 5.74) is 33.3. The maximum atomic E-state index is 2.48. The molecule has 0 amide bonds. The maximum Gasteiger partial charge on any atom is 0.0555 e. The molecule has 536 valence electrons. The third-order valence-corrected chi connectivity index (χ3v) is 28.3. The zero-order valence-corrected chi connectivity index (χ0v) is 64.9. The summed E-state index contributed by atoms with van der Waals surface area (Å²) in [7, 11) is 0. The predicted molar refractivity (Wildman–Crippen MR) is 494 cm³/mol. The van der Waals surface area contributed by atoms with Gasteiger partial charge in [-0.25, -0.2) is 0 Å². The molecule has 6 heterocycles. The lowest BCUT2D eigenvalue weighted by Crippen LogP contribution is -1.96. The average Bonchev–Trinajstić information content (AvgIpc) is 1.56. The molecule has 0 fully saturated rings. The summed E-state index contributed by atoms with van der Waals surface area (Å²) in [6, 6.07) is 137. The van der Waals surface area contributed by atoms with Crippen LogP contribution in [0.4, 0.5) is 0 Å². The summed E-state index contributed by atoms with van der Waals surface area (Å²) in [6.07, 6.45) is 3.08. The smallest absolute Gasteiger partial charge is 0.0555 e. The second kappa shape index (κ2) is 25.4. The summed E-state index contributed by atoms with van der Waals surface area (Å²) in [5, 5.41) is 18.7. The first kappa shape index (κ1) is 64.9. The Morgan fingerprint density at radius 1 is 0.191 bits per heavy atom. The number of rotatable bonds is 5. The third kappa shape index (κ3) is 9.87. The summed E-state index contributed by atoms with van der Waals surface area (Å²) < 4.78 is 15.5. The van der Waals surface area contributed by atoms with Crippen molar-refractivity contribution < 1.29 is 0 Å². The van der Waals surface area contributed by atoms with Crippen LogP contribution >= 0.6 is 34.0 Å². The molecule has 0 N–H and O–H groups in total. The van der Waals surface area contributed by atoms with Crippen LogP contribution in [0.25, 0.3) is 209 Å². The zero-order valence-electron chi connectivity index (χ0n) is 62.4. The van der Waals surface area contributed by atoms with E-state index in [1.165, 1.54) is 243 Å². The Labute approximate surface area is 674 Å². The van der Waals surface area contributed by atoms with Gasteiger partial charge in [0.05, 0.1) is 38.8 Å². The highest BCUT2D eigenvalue weighted by Gasteiger charge is 2.29. The average molecular weight is 1510 g/mol. The largest absolute Gasteiger partial charge is 0.309 e. The van der Waals surface area contributed by atoms with Crippen molar-refractivity contribution in [1.29, 1.82) is 0 Å². The second-order valence-corrected chi connectivity index (χ2v) is 34.4. The lowest BCUT2D eigenvalue weighted by Gasteiger charge is -2.14. The fourth-order valence-corrected chi connectivity index (χ4v) is 23.4. The molecule has 0 spiro atoms. The number of para-hydroxylation sites is 5. The maximum absolute atomic E-state index is 2.48. The molecule has 3 aliphatic rings. The number of nitrogens with zero attached hydrogens (tertiary/aromatic N) is 3. The van der Waals surface area contributed by atoms with E-state index in [1.807, 2.05) is 34.0 Å². The number of aromatic nitrogens is 3. The second-order valence-electron chi connectivity index (χ2n) is 31.2. The first-order valence-electron chi connectivity index (χ1n) is 39.8. The molecule has 3 aliphatic carbocycles. The van der Waals surface area contributed by atoms with E-state index >= 15 is 0 Å². The standard InChI is InChI=1S/C41H25NS.C37H23NS.C31H19NS/c1-2-10-25(11-3-1)33-22-29(21-27-13-4-6-14-30(27)33)42-36-17-9-8-16-32(36)34-23-35-39(24-37(34)42)43-38-19-18-28-20-26-12-5-7-15-31(26)40(28)41(35)38;1-2-10-23(11-3-1)26-13-6-8-16-31(26)38-32-17-9-7-15-28(32)29-21-30-35(22-33(29)38)39-34-19-18-25-20-24-12-4-5-14-27(24)36(25)37(30)34;1-2-9-21(10-3-1)32-26-13-7-6-12-23(26)24-17-25-29(18-27(24)32)33-28-15-14-20-16-19-8-4-5-11-22(19)30(20)31(25)28/h1-19,21-24H,20H2;1-19,21-22H,20H2;1-15,17-18H,16H2. The fraction of sp³-hybridized carbons (Fsp3) is 0.0275. The van der Waals surface area contributed by atoms with Crippen LogP contribution in [0.15, 0.2) is 370 Å². The molecule has 115 heavy (non-hydrogen) atoms. The van der Waals surface area contributed by atoms with Crippen molar-refractivity contribution in [3.8, 4) is 72.7 Å². The van der Waals surface area contributed by atoms with Crippen LogP contribution in [-0.2, 0) is 19.3 Å². The van der Waals surface area contributed by atoms with Crippen LogP contribution in [0.2, 0.25) is 0 Å². The van der Waals surface area contributed by atoms with Crippen molar-refractivity contribution in [3.63, 3.8) is 0 Å². The molecule has 0 radical (unpaired) electrons. The predicted octanol–water partition coefficient (Wildman–Crippen LogP) is 30.7. The number of hydrogen-bond acceptors (Lipinski definition) is 3. The van der Waals surface area contributed by atoms with Crippen LogP contribution in [0, 0.1) is 0 Å². The van der Waals surface area contributed by atoms with Crippen molar-refractivity contribution in [1.82, 2.24) is 13.7 Å². The van der Waals surface area contributed by atoms with Crippen molar-refractivity contribution in [2.45, 2.75) is 19.3 Å². The van der Waals surface area contributed by atoms with Gasteiger partial charge in [-0.2, -0.15) is 0 Å². The first-order chi connectivity index (χ1) is 57.0. The number of benzene rings is 18. The Kier molecular flexibility index (Phi) is 14.3. The topological polar surface area (TPSA) is 14.8 Å². The summed E-state index contributed by atoms with van der Waals surface area (Å²) in [5.74, 6) is 0. The van der Waals surface area contributed by atoms with E-state index in [0.29, 0.717) is 0 Å². The minimum atomic E-state index is 1.02. The van der Waals surface area contributed by atoms with Gasteiger partial charge in [-0.15, -0.1) is 34.0 Å². The normalized spacial score (nSPS) is 12.6.